The van der Waals surface area contributed by atoms with Crippen molar-refractivity contribution in [2.75, 3.05) is 6.61 Å². The fourth-order valence-corrected chi connectivity index (χ4v) is 4.42. The summed E-state index contributed by atoms with van der Waals surface area (Å²) in [6.07, 6.45) is -7.07. The number of ether oxygens (including phenoxy) is 6. The molecule has 0 spiro atoms. The SMILES string of the molecule is CCOc1ccc(C(=O)c2cc([C@@H]3OC(OC(C)=O)[C@@H](OC(C)=O)[C@H](OC(C)=O)[C@H]3OC(C)=O)ccc2Cl)cc1. The maximum atomic E-state index is 13.4. The third-order valence-electron chi connectivity index (χ3n) is 5.67. The minimum Gasteiger partial charge on any atom is -0.494 e. The van der Waals surface area contributed by atoms with E-state index in [1.165, 1.54) is 18.2 Å². The number of hydrogen-bond acceptors (Lipinski definition) is 11. The monoisotopic (exact) mass is 576 g/mol. The van der Waals surface area contributed by atoms with Crippen molar-refractivity contribution in [3.8, 4) is 5.75 Å². The van der Waals surface area contributed by atoms with Crippen LogP contribution in [0.3, 0.4) is 0 Å². The van der Waals surface area contributed by atoms with Gasteiger partial charge in [0.25, 0.3) is 0 Å². The van der Waals surface area contributed by atoms with E-state index in [1.54, 1.807) is 24.3 Å². The van der Waals surface area contributed by atoms with Crippen LogP contribution in [-0.2, 0) is 42.9 Å². The first-order valence-corrected chi connectivity index (χ1v) is 12.7. The fourth-order valence-electron chi connectivity index (χ4n) is 4.22. The molecule has 0 aliphatic carbocycles. The maximum absolute atomic E-state index is 13.4. The van der Waals surface area contributed by atoms with Crippen molar-refractivity contribution in [2.45, 2.75) is 65.3 Å². The third kappa shape index (κ3) is 7.57. The van der Waals surface area contributed by atoms with Gasteiger partial charge in [0, 0.05) is 38.8 Å². The zero-order valence-corrected chi connectivity index (χ0v) is 23.3. The Morgan fingerprint density at radius 3 is 1.85 bits per heavy atom. The fraction of sp³-hybridized carbons (Fsp3) is 0.393. The molecule has 0 amide bonds. The van der Waals surface area contributed by atoms with Gasteiger partial charge in [0.15, 0.2) is 18.0 Å². The number of halogens is 1. The molecule has 5 atom stereocenters. The molecule has 12 heteroatoms. The van der Waals surface area contributed by atoms with Crippen LogP contribution in [0.5, 0.6) is 5.75 Å². The highest BCUT2D eigenvalue weighted by Crippen LogP contribution is 2.39. The quantitative estimate of drug-likeness (QED) is 0.245. The van der Waals surface area contributed by atoms with Gasteiger partial charge < -0.3 is 28.4 Å². The van der Waals surface area contributed by atoms with E-state index >= 15 is 0 Å². The molecule has 1 unspecified atom stereocenters. The third-order valence-corrected chi connectivity index (χ3v) is 6.00. The molecule has 1 fully saturated rings. The summed E-state index contributed by atoms with van der Waals surface area (Å²) in [5.41, 5.74) is 0.707. The lowest BCUT2D eigenvalue weighted by Crippen LogP contribution is -2.59. The summed E-state index contributed by atoms with van der Waals surface area (Å²) < 4.78 is 32.8. The normalized spacial score (nSPS) is 22.0. The van der Waals surface area contributed by atoms with E-state index in [4.69, 9.17) is 40.0 Å². The number of carbonyl (C=O) groups excluding carboxylic acids is 5. The number of rotatable bonds is 9. The first-order chi connectivity index (χ1) is 18.9. The van der Waals surface area contributed by atoms with Crippen molar-refractivity contribution >= 4 is 41.3 Å². The van der Waals surface area contributed by atoms with Gasteiger partial charge in [-0.05, 0) is 48.9 Å². The van der Waals surface area contributed by atoms with Crippen molar-refractivity contribution in [1.29, 1.82) is 0 Å². The van der Waals surface area contributed by atoms with Crippen LogP contribution in [0.15, 0.2) is 42.5 Å². The summed E-state index contributed by atoms with van der Waals surface area (Å²) in [7, 11) is 0. The Labute approximate surface area is 235 Å². The number of esters is 4. The molecule has 0 radical (unpaired) electrons. The van der Waals surface area contributed by atoms with E-state index in [-0.39, 0.29) is 16.1 Å². The molecule has 1 aliphatic rings. The van der Waals surface area contributed by atoms with Crippen LogP contribution in [0, 0.1) is 0 Å². The Morgan fingerprint density at radius 1 is 0.750 bits per heavy atom. The topological polar surface area (TPSA) is 141 Å². The van der Waals surface area contributed by atoms with E-state index in [9.17, 15) is 24.0 Å². The molecular formula is C28H29ClO11. The van der Waals surface area contributed by atoms with Crippen LogP contribution in [0.2, 0.25) is 5.02 Å². The number of benzene rings is 2. The molecule has 2 aromatic rings. The first kappa shape index (κ1) is 30.6. The van der Waals surface area contributed by atoms with Crippen LogP contribution in [-0.4, -0.2) is 60.9 Å². The Kier molecular flexibility index (Phi) is 10.2. The Morgan fingerprint density at radius 2 is 1.30 bits per heavy atom. The highest BCUT2D eigenvalue weighted by Gasteiger charge is 2.53. The van der Waals surface area contributed by atoms with Crippen LogP contribution >= 0.6 is 11.6 Å². The molecule has 1 heterocycles. The summed E-state index contributed by atoms with van der Waals surface area (Å²) >= 11 is 6.39. The van der Waals surface area contributed by atoms with Crippen molar-refractivity contribution < 1.29 is 52.4 Å². The molecule has 11 nitrogen and oxygen atoms in total. The number of hydrogen-bond donors (Lipinski definition) is 0. The Hall–Kier alpha value is -3.96. The van der Waals surface area contributed by atoms with Crippen LogP contribution < -0.4 is 4.74 Å². The van der Waals surface area contributed by atoms with E-state index < -0.39 is 60.4 Å². The van der Waals surface area contributed by atoms with E-state index in [0.29, 0.717) is 17.9 Å². The average molecular weight is 577 g/mol. The van der Waals surface area contributed by atoms with Gasteiger partial charge >= 0.3 is 23.9 Å². The molecule has 0 saturated carbocycles. The van der Waals surface area contributed by atoms with Crippen molar-refractivity contribution in [1.82, 2.24) is 0 Å². The van der Waals surface area contributed by atoms with Gasteiger partial charge in [-0.15, -0.1) is 0 Å². The molecule has 3 rings (SSSR count). The minimum absolute atomic E-state index is 0.101. The molecule has 214 valence electrons. The summed E-state index contributed by atoms with van der Waals surface area (Å²) in [6.45, 7) is 6.75. The smallest absolute Gasteiger partial charge is 0.305 e. The van der Waals surface area contributed by atoms with Gasteiger partial charge in [0.1, 0.15) is 11.9 Å². The van der Waals surface area contributed by atoms with Crippen molar-refractivity contribution in [3.63, 3.8) is 0 Å². The van der Waals surface area contributed by atoms with Crippen LogP contribution in [0.1, 0.15) is 62.2 Å². The standard InChI is InChI=1S/C28H29ClO11/c1-6-35-20-10-7-18(8-11-20)23(34)21-13-19(9-12-22(21)29)24-25(36-14(2)30)26(37-15(3)31)27(38-16(4)32)28(40-24)39-17(5)33/h7-13,24-28H,6H2,1-5H3/t24-,25-,26+,27-,28?/m0/s1. The van der Waals surface area contributed by atoms with Gasteiger partial charge in [0.05, 0.1) is 11.6 Å². The molecule has 1 saturated heterocycles. The zero-order chi connectivity index (χ0) is 29.6. The van der Waals surface area contributed by atoms with Gasteiger partial charge in [-0.3, -0.25) is 24.0 Å². The molecule has 0 bridgehead atoms. The Balaban J connectivity index is 2.09. The van der Waals surface area contributed by atoms with Crippen molar-refractivity contribution in [3.05, 3.63) is 64.2 Å². The summed E-state index contributed by atoms with van der Waals surface area (Å²) in [6, 6.07) is 10.9. The highest BCUT2D eigenvalue weighted by molar-refractivity contribution is 6.35. The lowest BCUT2D eigenvalue weighted by Gasteiger charge is -2.44. The van der Waals surface area contributed by atoms with Gasteiger partial charge in [-0.1, -0.05) is 17.7 Å². The van der Waals surface area contributed by atoms with Gasteiger partial charge in [-0.25, -0.2) is 0 Å². The summed E-state index contributed by atoms with van der Waals surface area (Å²) in [5.74, 6) is -2.95. The second kappa shape index (κ2) is 13.4. The highest BCUT2D eigenvalue weighted by atomic mass is 35.5. The first-order valence-electron chi connectivity index (χ1n) is 12.3. The molecule has 0 aromatic heterocycles. The van der Waals surface area contributed by atoms with E-state index in [2.05, 4.69) is 0 Å². The van der Waals surface area contributed by atoms with Crippen LogP contribution in [0.25, 0.3) is 0 Å². The molecule has 1 aliphatic heterocycles. The summed E-state index contributed by atoms with van der Waals surface area (Å²) in [5, 5.41) is 0.133. The van der Waals surface area contributed by atoms with E-state index in [0.717, 1.165) is 27.7 Å². The largest absolute Gasteiger partial charge is 0.494 e. The van der Waals surface area contributed by atoms with Crippen molar-refractivity contribution in [2.24, 2.45) is 0 Å². The predicted octanol–water partition coefficient (Wildman–Crippen LogP) is 3.73. The Bertz CT molecular complexity index is 1270. The number of carbonyl (C=O) groups is 5. The molecule has 40 heavy (non-hydrogen) atoms. The molecule has 0 N–H and O–H groups in total. The number of ketones is 1. The second-order valence-corrected chi connectivity index (χ2v) is 9.19. The molecular weight excluding hydrogens is 548 g/mol. The van der Waals surface area contributed by atoms with Gasteiger partial charge in [0.2, 0.25) is 12.4 Å². The predicted molar refractivity (Wildman–Crippen MR) is 139 cm³/mol. The van der Waals surface area contributed by atoms with Gasteiger partial charge in [-0.2, -0.15) is 0 Å². The molecule has 2 aromatic carbocycles. The second-order valence-electron chi connectivity index (χ2n) is 8.78. The van der Waals surface area contributed by atoms with Crippen LogP contribution in [0.4, 0.5) is 0 Å². The maximum Gasteiger partial charge on any atom is 0.305 e. The summed E-state index contributed by atoms with van der Waals surface area (Å²) in [4.78, 5) is 61.3. The minimum atomic E-state index is -1.55. The lowest BCUT2D eigenvalue weighted by molar-refractivity contribution is -0.298. The average Bonchev–Trinajstić information content (AvgIpc) is 2.87. The zero-order valence-electron chi connectivity index (χ0n) is 22.5. The lowest BCUT2D eigenvalue weighted by atomic mass is 9.91. The van der Waals surface area contributed by atoms with E-state index in [1.807, 2.05) is 6.92 Å².